The molecule has 0 atom stereocenters. The summed E-state index contributed by atoms with van der Waals surface area (Å²) in [6.07, 6.45) is 4.67. The fourth-order valence-electron chi connectivity index (χ4n) is 3.23. The van der Waals surface area contributed by atoms with E-state index in [2.05, 4.69) is 34.2 Å². The van der Waals surface area contributed by atoms with Crippen molar-refractivity contribution in [3.8, 4) is 11.5 Å². The Labute approximate surface area is 129 Å². The molecule has 0 spiro atoms. The number of nitrogens with one attached hydrogen (secondary N) is 1. The van der Waals surface area contributed by atoms with Gasteiger partial charge in [0.15, 0.2) is 11.5 Å². The van der Waals surface area contributed by atoms with Crippen LogP contribution in [-0.2, 0) is 12.8 Å². The molecule has 0 amide bonds. The fourth-order valence-corrected chi connectivity index (χ4v) is 3.84. The Bertz CT molecular complexity index is 484. The molecule has 1 N–H and O–H groups in total. The lowest BCUT2D eigenvalue weighted by molar-refractivity contribution is 0.169. The molecular formula is C16H22BrNO2. The third kappa shape index (κ3) is 2.82. The first-order valence-corrected chi connectivity index (χ1v) is 8.39. The highest BCUT2D eigenvalue weighted by Crippen LogP contribution is 2.41. The highest BCUT2D eigenvalue weighted by atomic mass is 79.9. The number of ether oxygens (including phenoxy) is 2. The zero-order chi connectivity index (χ0) is 13.9. The van der Waals surface area contributed by atoms with E-state index in [1.807, 2.05) is 0 Å². The highest BCUT2D eigenvalue weighted by Gasteiger charge is 2.23. The van der Waals surface area contributed by atoms with Gasteiger partial charge in [-0.25, -0.2) is 0 Å². The molecule has 3 nitrogen and oxygen atoms in total. The van der Waals surface area contributed by atoms with Crippen LogP contribution in [0.15, 0.2) is 10.5 Å². The van der Waals surface area contributed by atoms with Crippen molar-refractivity contribution in [3.63, 3.8) is 0 Å². The van der Waals surface area contributed by atoms with Crippen molar-refractivity contribution in [3.05, 3.63) is 21.7 Å². The van der Waals surface area contributed by atoms with Gasteiger partial charge in [0.25, 0.3) is 0 Å². The van der Waals surface area contributed by atoms with Crippen molar-refractivity contribution in [1.29, 1.82) is 0 Å². The lowest BCUT2D eigenvalue weighted by atomic mass is 9.88. The van der Waals surface area contributed by atoms with Crippen molar-refractivity contribution in [2.45, 2.75) is 32.6 Å². The average Bonchev–Trinajstić information content (AvgIpc) is 2.49. The van der Waals surface area contributed by atoms with Gasteiger partial charge in [-0.3, -0.25) is 0 Å². The van der Waals surface area contributed by atoms with Crippen LogP contribution < -0.4 is 14.8 Å². The predicted octanol–water partition coefficient (Wildman–Crippen LogP) is 3.32. The Balaban J connectivity index is 1.92. The van der Waals surface area contributed by atoms with E-state index < -0.39 is 0 Å². The van der Waals surface area contributed by atoms with Crippen LogP contribution in [-0.4, -0.2) is 26.3 Å². The lowest BCUT2D eigenvalue weighted by Crippen LogP contribution is -2.29. The molecule has 1 saturated heterocycles. The first kappa shape index (κ1) is 14.2. The third-order valence-electron chi connectivity index (χ3n) is 4.30. The van der Waals surface area contributed by atoms with E-state index in [0.29, 0.717) is 13.2 Å². The molecule has 1 aromatic carbocycles. The first-order valence-electron chi connectivity index (χ1n) is 7.60. The maximum atomic E-state index is 5.87. The van der Waals surface area contributed by atoms with Crippen LogP contribution in [0.2, 0.25) is 0 Å². The SMILES string of the molecule is CCc1c(CC2CCNCC2)c(Br)cc2c1OCCO2. The summed E-state index contributed by atoms with van der Waals surface area (Å²) >= 11 is 3.74. The van der Waals surface area contributed by atoms with E-state index in [-0.39, 0.29) is 0 Å². The van der Waals surface area contributed by atoms with Crippen LogP contribution in [0.5, 0.6) is 11.5 Å². The van der Waals surface area contributed by atoms with Gasteiger partial charge in [-0.15, -0.1) is 0 Å². The van der Waals surface area contributed by atoms with Gasteiger partial charge in [-0.05, 0) is 56.3 Å². The van der Waals surface area contributed by atoms with Gasteiger partial charge >= 0.3 is 0 Å². The number of hydrogen-bond donors (Lipinski definition) is 1. The largest absolute Gasteiger partial charge is 0.486 e. The highest BCUT2D eigenvalue weighted by molar-refractivity contribution is 9.10. The molecule has 1 fully saturated rings. The second-order valence-corrected chi connectivity index (χ2v) is 6.45. The molecule has 110 valence electrons. The quantitative estimate of drug-likeness (QED) is 0.916. The summed E-state index contributed by atoms with van der Waals surface area (Å²) in [6, 6.07) is 2.09. The Morgan fingerprint density at radius 3 is 2.70 bits per heavy atom. The van der Waals surface area contributed by atoms with Gasteiger partial charge in [0.1, 0.15) is 13.2 Å². The Kier molecular flexibility index (Phi) is 4.51. The molecule has 3 rings (SSSR count). The van der Waals surface area contributed by atoms with Crippen LogP contribution in [0.1, 0.15) is 30.9 Å². The van der Waals surface area contributed by atoms with E-state index >= 15 is 0 Å². The number of benzene rings is 1. The number of fused-ring (bicyclic) bond motifs is 1. The lowest BCUT2D eigenvalue weighted by Gasteiger charge is -2.27. The number of hydrogen-bond acceptors (Lipinski definition) is 3. The average molecular weight is 340 g/mol. The number of halogens is 1. The van der Waals surface area contributed by atoms with Gasteiger partial charge in [-0.2, -0.15) is 0 Å². The smallest absolute Gasteiger partial charge is 0.164 e. The first-order chi connectivity index (χ1) is 9.79. The summed E-state index contributed by atoms with van der Waals surface area (Å²) in [6.45, 7) is 5.80. The predicted molar refractivity (Wildman–Crippen MR) is 83.8 cm³/mol. The fraction of sp³-hybridized carbons (Fsp3) is 0.625. The van der Waals surface area contributed by atoms with Crippen molar-refractivity contribution in [1.82, 2.24) is 5.32 Å². The summed E-state index contributed by atoms with van der Waals surface area (Å²) in [5, 5.41) is 3.44. The van der Waals surface area contributed by atoms with E-state index in [1.54, 1.807) is 0 Å². The van der Waals surface area contributed by atoms with Crippen LogP contribution in [0.25, 0.3) is 0 Å². The number of piperidine rings is 1. The summed E-state index contributed by atoms with van der Waals surface area (Å²) in [5.41, 5.74) is 2.75. The van der Waals surface area contributed by atoms with Crippen molar-refractivity contribution in [2.24, 2.45) is 5.92 Å². The standard InChI is InChI=1S/C16H22BrNO2/c1-2-12-13(9-11-3-5-18-6-4-11)14(17)10-15-16(12)20-8-7-19-15/h10-11,18H,2-9H2,1H3. The molecule has 0 radical (unpaired) electrons. The normalized spacial score (nSPS) is 19.1. The van der Waals surface area contributed by atoms with Gasteiger partial charge < -0.3 is 14.8 Å². The van der Waals surface area contributed by atoms with Crippen LogP contribution >= 0.6 is 15.9 Å². The Morgan fingerprint density at radius 2 is 1.95 bits per heavy atom. The van der Waals surface area contributed by atoms with E-state index in [4.69, 9.17) is 9.47 Å². The minimum absolute atomic E-state index is 0.649. The third-order valence-corrected chi connectivity index (χ3v) is 5.01. The molecule has 2 aliphatic rings. The molecule has 0 aromatic heterocycles. The second kappa shape index (κ2) is 6.35. The van der Waals surface area contributed by atoms with E-state index in [0.717, 1.165) is 43.3 Å². The molecule has 20 heavy (non-hydrogen) atoms. The van der Waals surface area contributed by atoms with Crippen LogP contribution in [0, 0.1) is 5.92 Å². The van der Waals surface area contributed by atoms with Crippen LogP contribution in [0.4, 0.5) is 0 Å². The van der Waals surface area contributed by atoms with Crippen molar-refractivity contribution < 1.29 is 9.47 Å². The van der Waals surface area contributed by atoms with Crippen LogP contribution in [0.3, 0.4) is 0 Å². The van der Waals surface area contributed by atoms with Gasteiger partial charge in [-0.1, -0.05) is 22.9 Å². The van der Waals surface area contributed by atoms with Gasteiger partial charge in [0, 0.05) is 10.0 Å². The Hall–Kier alpha value is -0.740. The molecule has 0 bridgehead atoms. The van der Waals surface area contributed by atoms with Gasteiger partial charge in [0.05, 0.1) is 0 Å². The maximum Gasteiger partial charge on any atom is 0.164 e. The van der Waals surface area contributed by atoms with Crippen molar-refractivity contribution >= 4 is 15.9 Å². The van der Waals surface area contributed by atoms with Crippen molar-refractivity contribution in [2.75, 3.05) is 26.3 Å². The van der Waals surface area contributed by atoms with E-state index in [1.165, 1.54) is 28.4 Å². The zero-order valence-corrected chi connectivity index (χ0v) is 13.6. The Morgan fingerprint density at radius 1 is 1.20 bits per heavy atom. The molecule has 0 saturated carbocycles. The summed E-state index contributed by atoms with van der Waals surface area (Å²) in [5.74, 6) is 2.65. The number of rotatable bonds is 3. The molecule has 1 aromatic rings. The topological polar surface area (TPSA) is 30.5 Å². The second-order valence-electron chi connectivity index (χ2n) is 5.59. The summed E-state index contributed by atoms with van der Waals surface area (Å²) < 4.78 is 12.8. The zero-order valence-electron chi connectivity index (χ0n) is 12.0. The molecule has 0 unspecified atom stereocenters. The molecule has 4 heteroatoms. The molecule has 2 aliphatic heterocycles. The summed E-state index contributed by atoms with van der Waals surface area (Å²) in [7, 11) is 0. The summed E-state index contributed by atoms with van der Waals surface area (Å²) in [4.78, 5) is 0. The molecule has 2 heterocycles. The molecular weight excluding hydrogens is 318 g/mol. The van der Waals surface area contributed by atoms with E-state index in [9.17, 15) is 0 Å². The minimum Gasteiger partial charge on any atom is -0.486 e. The monoisotopic (exact) mass is 339 g/mol. The van der Waals surface area contributed by atoms with Gasteiger partial charge in [0.2, 0.25) is 0 Å². The minimum atomic E-state index is 0.649. The molecule has 0 aliphatic carbocycles. The maximum absolute atomic E-state index is 5.87.